The molecule has 0 saturated carbocycles. The second-order valence-corrected chi connectivity index (χ2v) is 4.49. The van der Waals surface area contributed by atoms with Crippen LogP contribution in [0.25, 0.3) is 0 Å². The summed E-state index contributed by atoms with van der Waals surface area (Å²) in [6.45, 7) is 2.60. The molecule has 0 amide bonds. The Bertz CT molecular complexity index is 353. The monoisotopic (exact) mass is 238 g/mol. The predicted molar refractivity (Wildman–Crippen MR) is 66.9 cm³/mol. The van der Waals surface area contributed by atoms with Gasteiger partial charge in [0.1, 0.15) is 18.5 Å². The van der Waals surface area contributed by atoms with Crippen molar-refractivity contribution >= 4 is 5.69 Å². The fraction of sp³-hybridized carbons (Fsp3) is 0.538. The number of nitrogens with two attached hydrogens (primary N) is 1. The average Bonchev–Trinajstić information content (AvgIpc) is 2.79. The van der Waals surface area contributed by atoms with Crippen LogP contribution < -0.4 is 10.5 Å². The van der Waals surface area contributed by atoms with E-state index in [1.807, 2.05) is 0 Å². The van der Waals surface area contributed by atoms with Crippen molar-refractivity contribution in [3.8, 4) is 5.75 Å². The Labute approximate surface area is 101 Å². The van der Waals surface area contributed by atoms with E-state index in [0.717, 1.165) is 13.1 Å². The SMILES string of the molecule is Nc1cccc(OCC(F)CN2CCCC2)c1. The molecule has 2 N–H and O–H groups in total. The number of ether oxygens (including phenoxy) is 1. The van der Waals surface area contributed by atoms with E-state index >= 15 is 0 Å². The Morgan fingerprint density at radius 2 is 2.12 bits per heavy atom. The number of benzene rings is 1. The maximum Gasteiger partial charge on any atom is 0.147 e. The van der Waals surface area contributed by atoms with Crippen molar-refractivity contribution in [2.75, 3.05) is 32.0 Å². The third-order valence-corrected chi connectivity index (χ3v) is 2.94. The normalized spacial score (nSPS) is 18.2. The molecule has 0 spiro atoms. The van der Waals surface area contributed by atoms with Gasteiger partial charge in [0, 0.05) is 18.3 Å². The van der Waals surface area contributed by atoms with Crippen molar-refractivity contribution in [3.63, 3.8) is 0 Å². The molecule has 17 heavy (non-hydrogen) atoms. The summed E-state index contributed by atoms with van der Waals surface area (Å²) in [5.74, 6) is 0.633. The Hall–Kier alpha value is -1.29. The van der Waals surface area contributed by atoms with E-state index in [0.29, 0.717) is 18.0 Å². The average molecular weight is 238 g/mol. The summed E-state index contributed by atoms with van der Waals surface area (Å²) in [7, 11) is 0. The molecule has 3 nitrogen and oxygen atoms in total. The molecule has 1 aliphatic heterocycles. The molecule has 94 valence electrons. The molecule has 1 aliphatic rings. The molecule has 1 aromatic carbocycles. The summed E-state index contributed by atoms with van der Waals surface area (Å²) in [4.78, 5) is 2.15. The minimum absolute atomic E-state index is 0.0972. The molecular weight excluding hydrogens is 219 g/mol. The molecular formula is C13H19FN2O. The van der Waals surface area contributed by atoms with Crippen molar-refractivity contribution in [2.24, 2.45) is 0 Å². The predicted octanol–water partition coefficient (Wildman–Crippen LogP) is 2.08. The third kappa shape index (κ3) is 3.89. The highest BCUT2D eigenvalue weighted by Crippen LogP contribution is 2.15. The first-order valence-electron chi connectivity index (χ1n) is 6.09. The number of anilines is 1. The van der Waals surface area contributed by atoms with Gasteiger partial charge in [0.25, 0.3) is 0 Å². The van der Waals surface area contributed by atoms with Crippen LogP contribution in [0.3, 0.4) is 0 Å². The van der Waals surface area contributed by atoms with E-state index in [1.165, 1.54) is 12.8 Å². The fourth-order valence-electron chi connectivity index (χ4n) is 2.09. The first-order chi connectivity index (χ1) is 8.24. The molecule has 1 aromatic rings. The van der Waals surface area contributed by atoms with Crippen molar-refractivity contribution in [3.05, 3.63) is 24.3 Å². The summed E-state index contributed by atoms with van der Waals surface area (Å²) in [5, 5.41) is 0. The first-order valence-corrected chi connectivity index (χ1v) is 6.09. The Morgan fingerprint density at radius 1 is 1.35 bits per heavy atom. The lowest BCUT2D eigenvalue weighted by molar-refractivity contribution is 0.150. The molecule has 1 heterocycles. The minimum Gasteiger partial charge on any atom is -0.490 e. The van der Waals surface area contributed by atoms with E-state index in [-0.39, 0.29) is 6.61 Å². The number of alkyl halides is 1. The van der Waals surface area contributed by atoms with Gasteiger partial charge in [0.05, 0.1) is 0 Å². The van der Waals surface area contributed by atoms with Gasteiger partial charge in [-0.2, -0.15) is 0 Å². The third-order valence-electron chi connectivity index (χ3n) is 2.94. The van der Waals surface area contributed by atoms with Crippen molar-refractivity contribution in [2.45, 2.75) is 19.0 Å². The minimum atomic E-state index is -0.936. The van der Waals surface area contributed by atoms with Gasteiger partial charge in [-0.1, -0.05) is 6.07 Å². The van der Waals surface area contributed by atoms with Crippen LogP contribution in [0.5, 0.6) is 5.75 Å². The zero-order valence-electron chi connectivity index (χ0n) is 9.94. The highest BCUT2D eigenvalue weighted by Gasteiger charge is 2.17. The maximum atomic E-state index is 13.6. The number of rotatable bonds is 5. The maximum absolute atomic E-state index is 13.6. The van der Waals surface area contributed by atoms with E-state index in [1.54, 1.807) is 24.3 Å². The van der Waals surface area contributed by atoms with Crippen molar-refractivity contribution in [1.29, 1.82) is 0 Å². The first kappa shape index (κ1) is 12.2. The highest BCUT2D eigenvalue weighted by atomic mass is 19.1. The number of hydrogen-bond donors (Lipinski definition) is 1. The van der Waals surface area contributed by atoms with E-state index in [2.05, 4.69) is 4.90 Å². The molecule has 0 aromatic heterocycles. The van der Waals surface area contributed by atoms with Gasteiger partial charge in [-0.25, -0.2) is 4.39 Å². The van der Waals surface area contributed by atoms with Gasteiger partial charge in [-0.05, 0) is 38.1 Å². The lowest BCUT2D eigenvalue weighted by Crippen LogP contribution is -2.31. The topological polar surface area (TPSA) is 38.5 Å². The molecule has 0 radical (unpaired) electrons. The second kappa shape index (κ2) is 5.87. The molecule has 0 aliphatic carbocycles. The summed E-state index contributed by atoms with van der Waals surface area (Å²) in [6.07, 6.45) is 1.43. The standard InChI is InChI=1S/C13H19FN2O/c14-11(9-16-6-1-2-7-16)10-17-13-5-3-4-12(15)8-13/h3-5,8,11H,1-2,6-7,9-10,15H2. The molecule has 1 saturated heterocycles. The Morgan fingerprint density at radius 3 is 2.82 bits per heavy atom. The lowest BCUT2D eigenvalue weighted by atomic mass is 10.3. The number of nitrogens with zero attached hydrogens (tertiary/aromatic N) is 1. The van der Waals surface area contributed by atoms with Crippen molar-refractivity contribution in [1.82, 2.24) is 4.90 Å². The fourth-order valence-corrected chi connectivity index (χ4v) is 2.09. The van der Waals surface area contributed by atoms with Gasteiger partial charge in [-0.15, -0.1) is 0 Å². The van der Waals surface area contributed by atoms with Crippen LogP contribution in [0.2, 0.25) is 0 Å². The molecule has 1 atom stereocenters. The van der Waals surface area contributed by atoms with Crippen molar-refractivity contribution < 1.29 is 9.13 Å². The smallest absolute Gasteiger partial charge is 0.147 e. The van der Waals surface area contributed by atoms with Gasteiger partial charge in [0.15, 0.2) is 0 Å². The van der Waals surface area contributed by atoms with E-state index in [9.17, 15) is 4.39 Å². The highest BCUT2D eigenvalue weighted by molar-refractivity contribution is 5.43. The number of halogens is 1. The molecule has 2 rings (SSSR count). The summed E-state index contributed by atoms with van der Waals surface area (Å²) < 4.78 is 19.0. The molecule has 1 fully saturated rings. The number of hydrogen-bond acceptors (Lipinski definition) is 3. The van der Waals surface area contributed by atoms with Crippen LogP contribution in [-0.2, 0) is 0 Å². The van der Waals surface area contributed by atoms with E-state index < -0.39 is 6.17 Å². The zero-order chi connectivity index (χ0) is 12.1. The Balaban J connectivity index is 1.73. The van der Waals surface area contributed by atoms with Gasteiger partial charge in [0.2, 0.25) is 0 Å². The van der Waals surface area contributed by atoms with Crippen LogP contribution in [0.4, 0.5) is 10.1 Å². The van der Waals surface area contributed by atoms with Gasteiger partial charge in [-0.3, -0.25) is 0 Å². The molecule has 0 bridgehead atoms. The molecule has 4 heteroatoms. The van der Waals surface area contributed by atoms with Crippen LogP contribution in [-0.4, -0.2) is 37.3 Å². The van der Waals surface area contributed by atoms with Crippen LogP contribution in [0, 0.1) is 0 Å². The quantitative estimate of drug-likeness (QED) is 0.798. The zero-order valence-corrected chi connectivity index (χ0v) is 9.94. The summed E-state index contributed by atoms with van der Waals surface area (Å²) in [6, 6.07) is 7.09. The number of nitrogen functional groups attached to an aromatic ring is 1. The van der Waals surface area contributed by atoms with Crippen LogP contribution >= 0.6 is 0 Å². The second-order valence-electron chi connectivity index (χ2n) is 4.49. The number of likely N-dealkylation sites (tertiary alicyclic amines) is 1. The Kier molecular flexibility index (Phi) is 4.20. The van der Waals surface area contributed by atoms with Crippen LogP contribution in [0.15, 0.2) is 24.3 Å². The molecule has 1 unspecified atom stereocenters. The summed E-state index contributed by atoms with van der Waals surface area (Å²) in [5.41, 5.74) is 6.25. The van der Waals surface area contributed by atoms with Gasteiger partial charge >= 0.3 is 0 Å². The van der Waals surface area contributed by atoms with E-state index in [4.69, 9.17) is 10.5 Å². The van der Waals surface area contributed by atoms with Gasteiger partial charge < -0.3 is 15.4 Å². The largest absolute Gasteiger partial charge is 0.490 e. The van der Waals surface area contributed by atoms with Crippen LogP contribution in [0.1, 0.15) is 12.8 Å². The lowest BCUT2D eigenvalue weighted by Gasteiger charge is -2.18. The summed E-state index contributed by atoms with van der Waals surface area (Å²) >= 11 is 0.